The molecule has 0 radical (unpaired) electrons. The van der Waals surface area contributed by atoms with Crippen molar-refractivity contribution in [3.63, 3.8) is 0 Å². The van der Waals surface area contributed by atoms with Gasteiger partial charge in [-0.3, -0.25) is 9.59 Å². The van der Waals surface area contributed by atoms with Gasteiger partial charge in [-0.2, -0.15) is 0 Å². The van der Waals surface area contributed by atoms with Crippen LogP contribution in [0.5, 0.6) is 5.75 Å². The number of likely N-dealkylation sites (tertiary alicyclic amines) is 1. The van der Waals surface area contributed by atoms with Crippen molar-refractivity contribution < 1.29 is 13.9 Å². The Bertz CT molecular complexity index is 777. The largest absolute Gasteiger partial charge is 0.482 e. The van der Waals surface area contributed by atoms with E-state index in [1.165, 1.54) is 12.3 Å². The van der Waals surface area contributed by atoms with E-state index in [1.807, 2.05) is 12.1 Å². The highest BCUT2D eigenvalue weighted by Gasteiger charge is 2.20. The Morgan fingerprint density at radius 2 is 1.80 bits per heavy atom. The zero-order valence-electron chi connectivity index (χ0n) is 13.9. The molecule has 25 heavy (non-hydrogen) atoms. The van der Waals surface area contributed by atoms with Crippen molar-refractivity contribution in [3.05, 3.63) is 63.2 Å². The summed E-state index contributed by atoms with van der Waals surface area (Å²) in [5.41, 5.74) is 0.520. The van der Waals surface area contributed by atoms with Gasteiger partial charge in [0.2, 0.25) is 11.2 Å². The lowest BCUT2D eigenvalue weighted by Gasteiger charge is -2.19. The maximum Gasteiger partial charge on any atom is 0.289 e. The van der Waals surface area contributed by atoms with E-state index in [1.54, 1.807) is 17.0 Å². The summed E-state index contributed by atoms with van der Waals surface area (Å²) in [5.74, 6) is -0.0867. The summed E-state index contributed by atoms with van der Waals surface area (Å²) in [6.07, 6.45) is 5.44. The van der Waals surface area contributed by atoms with Crippen LogP contribution in [0.1, 0.15) is 41.8 Å². The lowest BCUT2D eigenvalue weighted by atomic mass is 10.2. The van der Waals surface area contributed by atoms with E-state index >= 15 is 0 Å². The number of amides is 1. The van der Waals surface area contributed by atoms with Gasteiger partial charge in [-0.1, -0.05) is 36.6 Å². The van der Waals surface area contributed by atoms with Crippen LogP contribution in [-0.4, -0.2) is 23.9 Å². The third kappa shape index (κ3) is 4.63. The molecule has 0 saturated carbocycles. The minimum absolute atomic E-state index is 0.0609. The summed E-state index contributed by atoms with van der Waals surface area (Å²) >= 11 is 5.83. The highest BCUT2D eigenvalue weighted by atomic mass is 35.5. The van der Waals surface area contributed by atoms with Crippen LogP contribution in [0.4, 0.5) is 0 Å². The fraction of sp³-hybridized carbons (Fsp3) is 0.368. The number of carbonyl (C=O) groups is 1. The summed E-state index contributed by atoms with van der Waals surface area (Å²) in [4.78, 5) is 26.4. The molecule has 2 heterocycles. The van der Waals surface area contributed by atoms with E-state index in [2.05, 4.69) is 0 Å². The van der Waals surface area contributed by atoms with Gasteiger partial charge in [0.1, 0.15) is 12.9 Å². The van der Waals surface area contributed by atoms with Crippen LogP contribution in [-0.2, 0) is 6.61 Å². The molecular weight excluding hydrogens is 342 g/mol. The molecule has 0 unspecified atom stereocenters. The Morgan fingerprint density at radius 3 is 2.44 bits per heavy atom. The van der Waals surface area contributed by atoms with E-state index < -0.39 is 0 Å². The molecule has 1 fully saturated rings. The monoisotopic (exact) mass is 361 g/mol. The van der Waals surface area contributed by atoms with E-state index in [-0.39, 0.29) is 29.5 Å². The molecule has 0 N–H and O–H groups in total. The van der Waals surface area contributed by atoms with Crippen molar-refractivity contribution in [2.45, 2.75) is 32.3 Å². The molecule has 1 aromatic heterocycles. The van der Waals surface area contributed by atoms with Crippen molar-refractivity contribution in [2.75, 3.05) is 13.1 Å². The van der Waals surface area contributed by atoms with Crippen molar-refractivity contribution in [2.24, 2.45) is 0 Å². The average Bonchev–Trinajstić information content (AvgIpc) is 2.91. The zero-order chi connectivity index (χ0) is 17.6. The quantitative estimate of drug-likeness (QED) is 0.829. The highest BCUT2D eigenvalue weighted by Crippen LogP contribution is 2.15. The SMILES string of the molecule is O=C(c1cc(=O)c(OCc2ccc(Cl)cc2)co1)N1CCCCCC1. The van der Waals surface area contributed by atoms with Crippen LogP contribution in [0.25, 0.3) is 0 Å². The van der Waals surface area contributed by atoms with Crippen LogP contribution in [0.2, 0.25) is 5.02 Å². The van der Waals surface area contributed by atoms with E-state index in [4.69, 9.17) is 20.8 Å². The molecule has 2 aromatic rings. The van der Waals surface area contributed by atoms with Crippen molar-refractivity contribution >= 4 is 17.5 Å². The topological polar surface area (TPSA) is 59.8 Å². The molecule has 0 aliphatic carbocycles. The molecule has 1 aliphatic heterocycles. The van der Waals surface area contributed by atoms with Gasteiger partial charge in [0, 0.05) is 24.2 Å². The molecule has 1 saturated heterocycles. The van der Waals surface area contributed by atoms with Gasteiger partial charge in [0.25, 0.3) is 5.91 Å². The van der Waals surface area contributed by atoms with Gasteiger partial charge < -0.3 is 14.1 Å². The van der Waals surface area contributed by atoms with Gasteiger partial charge in [-0.05, 0) is 30.5 Å². The predicted octanol–water partition coefficient (Wildman–Crippen LogP) is 3.89. The molecular formula is C19H20ClNO4. The number of nitrogens with zero attached hydrogens (tertiary/aromatic N) is 1. The first kappa shape index (κ1) is 17.5. The lowest BCUT2D eigenvalue weighted by Crippen LogP contribution is -2.32. The molecule has 5 nitrogen and oxygen atoms in total. The van der Waals surface area contributed by atoms with Gasteiger partial charge in [-0.25, -0.2) is 0 Å². The smallest absolute Gasteiger partial charge is 0.289 e. The number of halogens is 1. The van der Waals surface area contributed by atoms with Gasteiger partial charge >= 0.3 is 0 Å². The van der Waals surface area contributed by atoms with E-state index in [9.17, 15) is 9.59 Å². The van der Waals surface area contributed by atoms with Crippen LogP contribution < -0.4 is 10.2 Å². The average molecular weight is 362 g/mol. The number of hydrogen-bond acceptors (Lipinski definition) is 4. The van der Waals surface area contributed by atoms with Crippen LogP contribution >= 0.6 is 11.6 Å². The molecule has 3 rings (SSSR count). The van der Waals surface area contributed by atoms with Gasteiger partial charge in [0.05, 0.1) is 0 Å². The van der Waals surface area contributed by atoms with Crippen molar-refractivity contribution in [1.82, 2.24) is 4.90 Å². The maximum atomic E-state index is 12.5. The molecule has 0 atom stereocenters. The number of carbonyl (C=O) groups excluding carboxylic acids is 1. The second-order valence-electron chi connectivity index (χ2n) is 6.09. The first-order valence-electron chi connectivity index (χ1n) is 8.43. The Hall–Kier alpha value is -2.27. The van der Waals surface area contributed by atoms with Gasteiger partial charge in [0.15, 0.2) is 5.76 Å². The minimum atomic E-state index is -0.363. The third-order valence-corrected chi connectivity index (χ3v) is 4.46. The summed E-state index contributed by atoms with van der Waals surface area (Å²) in [5, 5.41) is 0.639. The first-order chi connectivity index (χ1) is 12.1. The summed E-state index contributed by atoms with van der Waals surface area (Å²) in [7, 11) is 0. The van der Waals surface area contributed by atoms with Gasteiger partial charge in [-0.15, -0.1) is 0 Å². The van der Waals surface area contributed by atoms with E-state index in [0.717, 1.165) is 31.2 Å². The van der Waals surface area contributed by atoms with E-state index in [0.29, 0.717) is 18.1 Å². The molecule has 132 valence electrons. The zero-order valence-corrected chi connectivity index (χ0v) is 14.6. The Labute approximate surface area is 151 Å². The summed E-state index contributed by atoms with van der Waals surface area (Å²) in [6.45, 7) is 1.63. The first-order valence-corrected chi connectivity index (χ1v) is 8.80. The molecule has 1 amide bonds. The molecule has 1 aliphatic rings. The maximum absolute atomic E-state index is 12.5. The molecule has 6 heteroatoms. The second-order valence-corrected chi connectivity index (χ2v) is 6.53. The standard InChI is InChI=1S/C19H20ClNO4/c20-15-7-5-14(6-8-15)12-24-18-13-25-17(11-16(18)22)19(23)21-9-3-1-2-4-10-21/h5-8,11,13H,1-4,9-10,12H2. The number of ether oxygens (including phenoxy) is 1. The van der Waals surface area contributed by atoms with Crippen LogP contribution in [0.3, 0.4) is 0 Å². The van der Waals surface area contributed by atoms with Crippen molar-refractivity contribution in [1.29, 1.82) is 0 Å². The lowest BCUT2D eigenvalue weighted by molar-refractivity contribution is 0.0726. The molecule has 1 aromatic carbocycles. The Kier molecular flexibility index (Phi) is 5.76. The second kappa shape index (κ2) is 8.21. The normalized spacial score (nSPS) is 14.8. The van der Waals surface area contributed by atoms with Crippen molar-refractivity contribution in [3.8, 4) is 5.75 Å². The summed E-state index contributed by atoms with van der Waals surface area (Å²) < 4.78 is 10.9. The fourth-order valence-corrected chi connectivity index (χ4v) is 2.91. The van der Waals surface area contributed by atoms with Crippen LogP contribution in [0, 0.1) is 0 Å². The molecule has 0 bridgehead atoms. The Morgan fingerprint density at radius 1 is 1.12 bits per heavy atom. The number of hydrogen-bond donors (Lipinski definition) is 0. The number of benzene rings is 1. The molecule has 0 spiro atoms. The fourth-order valence-electron chi connectivity index (χ4n) is 2.79. The van der Waals surface area contributed by atoms with Crippen LogP contribution in [0.15, 0.2) is 45.8 Å². The summed E-state index contributed by atoms with van der Waals surface area (Å²) in [6, 6.07) is 8.37. The highest BCUT2D eigenvalue weighted by molar-refractivity contribution is 6.30. The third-order valence-electron chi connectivity index (χ3n) is 4.21. The predicted molar refractivity (Wildman–Crippen MR) is 95.1 cm³/mol. The minimum Gasteiger partial charge on any atom is -0.482 e. The number of rotatable bonds is 4. The Balaban J connectivity index is 1.66.